The SMILES string of the molecule is CSCCCCNc1ccnc(F)c1. The van der Waals surface area contributed by atoms with Crippen molar-refractivity contribution < 1.29 is 4.39 Å². The standard InChI is InChI=1S/C10H15FN2S/c1-14-7-3-2-5-12-9-4-6-13-10(11)8-9/h4,6,8H,2-3,5,7H2,1H3,(H,12,13). The third-order valence-electron chi connectivity index (χ3n) is 1.83. The third kappa shape index (κ3) is 4.46. The van der Waals surface area contributed by atoms with Gasteiger partial charge in [0.2, 0.25) is 5.95 Å². The molecule has 0 saturated carbocycles. The first-order chi connectivity index (χ1) is 6.83. The largest absolute Gasteiger partial charge is 0.385 e. The Kier molecular flexibility index (Phi) is 5.37. The Bertz CT molecular complexity index is 268. The number of unbranched alkanes of at least 4 members (excludes halogenated alkanes) is 1. The molecule has 0 amide bonds. The molecule has 1 rings (SSSR count). The maximum absolute atomic E-state index is 12.6. The summed E-state index contributed by atoms with van der Waals surface area (Å²) in [5.74, 6) is 0.756. The van der Waals surface area contributed by atoms with E-state index < -0.39 is 5.95 Å². The van der Waals surface area contributed by atoms with Crippen molar-refractivity contribution in [2.75, 3.05) is 23.9 Å². The second kappa shape index (κ2) is 6.65. The van der Waals surface area contributed by atoms with Gasteiger partial charge in [-0.3, -0.25) is 0 Å². The minimum Gasteiger partial charge on any atom is -0.385 e. The van der Waals surface area contributed by atoms with Crippen LogP contribution in [-0.4, -0.2) is 23.5 Å². The molecule has 0 radical (unpaired) electrons. The van der Waals surface area contributed by atoms with Crippen molar-refractivity contribution in [2.24, 2.45) is 0 Å². The van der Waals surface area contributed by atoms with Crippen LogP contribution < -0.4 is 5.32 Å². The number of thioether (sulfide) groups is 1. The summed E-state index contributed by atoms with van der Waals surface area (Å²) in [6.07, 6.45) is 5.89. The maximum atomic E-state index is 12.6. The second-order valence-corrected chi connectivity index (χ2v) is 3.98. The first-order valence-electron chi connectivity index (χ1n) is 4.67. The number of nitrogens with zero attached hydrogens (tertiary/aromatic N) is 1. The van der Waals surface area contributed by atoms with Crippen LogP contribution in [0.25, 0.3) is 0 Å². The first-order valence-corrected chi connectivity index (χ1v) is 6.06. The van der Waals surface area contributed by atoms with Crippen LogP contribution in [0.4, 0.5) is 10.1 Å². The molecule has 0 spiro atoms. The maximum Gasteiger partial charge on any atom is 0.214 e. The summed E-state index contributed by atoms with van der Waals surface area (Å²) in [6, 6.07) is 3.19. The number of pyridine rings is 1. The Morgan fingerprint density at radius 3 is 3.07 bits per heavy atom. The topological polar surface area (TPSA) is 24.9 Å². The van der Waals surface area contributed by atoms with Gasteiger partial charge in [-0.05, 0) is 30.9 Å². The average Bonchev–Trinajstić information content (AvgIpc) is 2.18. The predicted molar refractivity (Wildman–Crippen MR) is 60.3 cm³/mol. The lowest BCUT2D eigenvalue weighted by atomic mass is 10.3. The first kappa shape index (κ1) is 11.3. The molecule has 0 aromatic carbocycles. The summed E-state index contributed by atoms with van der Waals surface area (Å²) in [5, 5.41) is 3.16. The predicted octanol–water partition coefficient (Wildman–Crippen LogP) is 2.78. The second-order valence-electron chi connectivity index (χ2n) is 2.99. The minimum absolute atomic E-state index is 0.431. The summed E-state index contributed by atoms with van der Waals surface area (Å²) in [7, 11) is 0. The lowest BCUT2D eigenvalue weighted by Gasteiger charge is -2.05. The number of hydrogen-bond acceptors (Lipinski definition) is 3. The molecule has 0 bridgehead atoms. The van der Waals surface area contributed by atoms with Gasteiger partial charge < -0.3 is 5.32 Å². The molecule has 0 atom stereocenters. The lowest BCUT2D eigenvalue weighted by Crippen LogP contribution is -2.02. The molecule has 1 N–H and O–H groups in total. The van der Waals surface area contributed by atoms with Gasteiger partial charge in [0, 0.05) is 24.5 Å². The quantitative estimate of drug-likeness (QED) is 0.582. The van der Waals surface area contributed by atoms with Gasteiger partial charge >= 0.3 is 0 Å². The molecular weight excluding hydrogens is 199 g/mol. The van der Waals surface area contributed by atoms with Crippen LogP contribution in [0, 0.1) is 5.95 Å². The molecule has 4 heteroatoms. The van der Waals surface area contributed by atoms with E-state index in [1.54, 1.807) is 6.07 Å². The Morgan fingerprint density at radius 2 is 2.36 bits per heavy atom. The molecule has 0 aliphatic heterocycles. The molecule has 1 aromatic rings. The summed E-state index contributed by atoms with van der Waals surface area (Å²) < 4.78 is 12.6. The van der Waals surface area contributed by atoms with E-state index in [0.717, 1.165) is 18.7 Å². The molecule has 0 unspecified atom stereocenters. The van der Waals surface area contributed by atoms with Gasteiger partial charge in [-0.2, -0.15) is 16.2 Å². The highest BCUT2D eigenvalue weighted by molar-refractivity contribution is 7.98. The van der Waals surface area contributed by atoms with Gasteiger partial charge in [0.15, 0.2) is 0 Å². The Balaban J connectivity index is 2.18. The Hall–Kier alpha value is -0.770. The van der Waals surface area contributed by atoms with E-state index in [2.05, 4.69) is 16.6 Å². The van der Waals surface area contributed by atoms with Crippen molar-refractivity contribution in [3.8, 4) is 0 Å². The van der Waals surface area contributed by atoms with E-state index >= 15 is 0 Å². The van der Waals surface area contributed by atoms with Crippen LogP contribution in [0.3, 0.4) is 0 Å². The normalized spacial score (nSPS) is 10.1. The molecule has 0 fully saturated rings. The van der Waals surface area contributed by atoms with Gasteiger partial charge in [-0.15, -0.1) is 0 Å². The Labute approximate surface area is 88.3 Å². The van der Waals surface area contributed by atoms with E-state index in [-0.39, 0.29) is 0 Å². The smallest absolute Gasteiger partial charge is 0.214 e. The zero-order chi connectivity index (χ0) is 10.2. The third-order valence-corrected chi connectivity index (χ3v) is 2.53. The van der Waals surface area contributed by atoms with E-state index in [1.165, 1.54) is 24.4 Å². The van der Waals surface area contributed by atoms with Crippen LogP contribution in [0.15, 0.2) is 18.3 Å². The van der Waals surface area contributed by atoms with Crippen molar-refractivity contribution in [3.05, 3.63) is 24.3 Å². The van der Waals surface area contributed by atoms with Crippen LogP contribution in [0.5, 0.6) is 0 Å². The average molecular weight is 214 g/mol. The van der Waals surface area contributed by atoms with Gasteiger partial charge in [-0.1, -0.05) is 0 Å². The molecule has 2 nitrogen and oxygen atoms in total. The number of halogens is 1. The molecular formula is C10H15FN2S. The molecule has 0 saturated heterocycles. The van der Waals surface area contributed by atoms with Crippen molar-refractivity contribution in [1.82, 2.24) is 4.98 Å². The molecule has 0 aliphatic carbocycles. The van der Waals surface area contributed by atoms with Crippen LogP contribution in [0.2, 0.25) is 0 Å². The van der Waals surface area contributed by atoms with E-state index in [1.807, 2.05) is 11.8 Å². The molecule has 78 valence electrons. The monoisotopic (exact) mass is 214 g/mol. The van der Waals surface area contributed by atoms with E-state index in [0.29, 0.717) is 0 Å². The van der Waals surface area contributed by atoms with Gasteiger partial charge in [0.25, 0.3) is 0 Å². The number of rotatable bonds is 6. The fourth-order valence-corrected chi connectivity index (χ4v) is 1.61. The minimum atomic E-state index is -0.431. The highest BCUT2D eigenvalue weighted by Gasteiger charge is 1.94. The van der Waals surface area contributed by atoms with Gasteiger partial charge in [-0.25, -0.2) is 4.98 Å². The van der Waals surface area contributed by atoms with Crippen LogP contribution >= 0.6 is 11.8 Å². The van der Waals surface area contributed by atoms with Gasteiger partial charge in [0.1, 0.15) is 0 Å². The fraction of sp³-hybridized carbons (Fsp3) is 0.500. The number of anilines is 1. The number of nitrogens with one attached hydrogen (secondary N) is 1. The van der Waals surface area contributed by atoms with E-state index in [9.17, 15) is 4.39 Å². The molecule has 1 heterocycles. The fourth-order valence-electron chi connectivity index (χ4n) is 1.12. The molecule has 1 aromatic heterocycles. The van der Waals surface area contributed by atoms with E-state index in [4.69, 9.17) is 0 Å². The summed E-state index contributed by atoms with van der Waals surface area (Å²) in [6.45, 7) is 0.893. The summed E-state index contributed by atoms with van der Waals surface area (Å²) in [4.78, 5) is 3.49. The van der Waals surface area contributed by atoms with Gasteiger partial charge in [0.05, 0.1) is 0 Å². The van der Waals surface area contributed by atoms with Crippen molar-refractivity contribution in [2.45, 2.75) is 12.8 Å². The molecule has 14 heavy (non-hydrogen) atoms. The van der Waals surface area contributed by atoms with Crippen LogP contribution in [0.1, 0.15) is 12.8 Å². The van der Waals surface area contributed by atoms with Crippen molar-refractivity contribution in [1.29, 1.82) is 0 Å². The van der Waals surface area contributed by atoms with Crippen LogP contribution in [-0.2, 0) is 0 Å². The summed E-state index contributed by atoms with van der Waals surface area (Å²) in [5.41, 5.74) is 0.807. The number of hydrogen-bond donors (Lipinski definition) is 1. The highest BCUT2D eigenvalue weighted by atomic mass is 32.2. The summed E-state index contributed by atoms with van der Waals surface area (Å²) >= 11 is 1.85. The van der Waals surface area contributed by atoms with Crippen molar-refractivity contribution in [3.63, 3.8) is 0 Å². The molecule has 0 aliphatic rings. The lowest BCUT2D eigenvalue weighted by molar-refractivity contribution is 0.584. The zero-order valence-electron chi connectivity index (χ0n) is 8.29. The van der Waals surface area contributed by atoms with Crippen molar-refractivity contribution >= 4 is 17.4 Å². The highest BCUT2D eigenvalue weighted by Crippen LogP contribution is 2.07. The Morgan fingerprint density at radius 1 is 1.50 bits per heavy atom. The number of aromatic nitrogens is 1. The zero-order valence-corrected chi connectivity index (χ0v) is 9.11.